The third-order valence-corrected chi connectivity index (χ3v) is 3.60. The Morgan fingerprint density at radius 1 is 1.37 bits per heavy atom. The zero-order valence-electron chi connectivity index (χ0n) is 12.2. The van der Waals surface area contributed by atoms with E-state index in [1.165, 1.54) is 5.56 Å². The summed E-state index contributed by atoms with van der Waals surface area (Å²) in [6.07, 6.45) is 7.84. The number of aryl methyl sites for hydroxylation is 2. The van der Waals surface area contributed by atoms with Gasteiger partial charge in [-0.3, -0.25) is 4.68 Å². The van der Waals surface area contributed by atoms with Gasteiger partial charge in [0.15, 0.2) is 0 Å². The van der Waals surface area contributed by atoms with Gasteiger partial charge >= 0.3 is 0 Å². The van der Waals surface area contributed by atoms with Crippen molar-refractivity contribution in [3.63, 3.8) is 0 Å². The molecule has 1 N–H and O–H groups in total. The number of nitrogens with one attached hydrogen (secondary N) is 1. The van der Waals surface area contributed by atoms with E-state index in [2.05, 4.69) is 53.9 Å². The Hall–Kier alpha value is -1.62. The van der Waals surface area contributed by atoms with Gasteiger partial charge < -0.3 is 9.88 Å². The Morgan fingerprint density at radius 2 is 2.16 bits per heavy atom. The second kappa shape index (κ2) is 6.02. The number of nitrogens with zero attached hydrogens (tertiary/aromatic N) is 4. The first kappa shape index (κ1) is 13.8. The number of imidazole rings is 1. The molecule has 2 atom stereocenters. The van der Waals surface area contributed by atoms with Crippen LogP contribution in [-0.2, 0) is 13.1 Å². The quantitative estimate of drug-likeness (QED) is 0.866. The summed E-state index contributed by atoms with van der Waals surface area (Å²) >= 11 is 0. The summed E-state index contributed by atoms with van der Waals surface area (Å²) < 4.78 is 4.17. The summed E-state index contributed by atoms with van der Waals surface area (Å²) in [4.78, 5) is 4.37. The minimum absolute atomic E-state index is 0.318. The summed E-state index contributed by atoms with van der Waals surface area (Å²) in [5, 5.41) is 7.89. The second-order valence-electron chi connectivity index (χ2n) is 5.04. The molecule has 5 nitrogen and oxygen atoms in total. The van der Waals surface area contributed by atoms with Crippen LogP contribution in [0.1, 0.15) is 38.2 Å². The average Bonchev–Trinajstić information content (AvgIpc) is 3.03. The predicted molar refractivity (Wildman–Crippen MR) is 75.9 cm³/mol. The van der Waals surface area contributed by atoms with Gasteiger partial charge in [0.25, 0.3) is 0 Å². The van der Waals surface area contributed by atoms with E-state index in [1.807, 2.05) is 23.3 Å². The van der Waals surface area contributed by atoms with Crippen molar-refractivity contribution in [2.75, 3.05) is 0 Å². The van der Waals surface area contributed by atoms with Crippen LogP contribution >= 0.6 is 0 Å². The Kier molecular flexibility index (Phi) is 4.37. The fourth-order valence-corrected chi connectivity index (χ4v) is 2.10. The van der Waals surface area contributed by atoms with Crippen molar-refractivity contribution in [3.05, 3.63) is 36.2 Å². The molecule has 0 radical (unpaired) electrons. The van der Waals surface area contributed by atoms with Gasteiger partial charge in [-0.1, -0.05) is 0 Å². The highest BCUT2D eigenvalue weighted by Gasteiger charge is 2.15. The maximum atomic E-state index is 4.37. The highest BCUT2D eigenvalue weighted by molar-refractivity contribution is 5.01. The molecule has 0 unspecified atom stereocenters. The molecular formula is C14H23N5. The first-order valence-electron chi connectivity index (χ1n) is 6.86. The van der Waals surface area contributed by atoms with E-state index in [-0.39, 0.29) is 0 Å². The van der Waals surface area contributed by atoms with Crippen LogP contribution in [0, 0.1) is 6.92 Å². The van der Waals surface area contributed by atoms with Gasteiger partial charge in [-0.2, -0.15) is 5.10 Å². The molecule has 2 rings (SSSR count). The normalized spacial score (nSPS) is 14.5. The number of rotatable bonds is 6. The van der Waals surface area contributed by atoms with E-state index in [1.54, 1.807) is 0 Å². The van der Waals surface area contributed by atoms with E-state index >= 15 is 0 Å². The molecule has 0 aliphatic rings. The zero-order valence-corrected chi connectivity index (χ0v) is 12.2. The van der Waals surface area contributed by atoms with Crippen molar-refractivity contribution in [2.24, 2.45) is 0 Å². The lowest BCUT2D eigenvalue weighted by Gasteiger charge is -2.21. The molecule has 19 heavy (non-hydrogen) atoms. The predicted octanol–water partition coefficient (Wildman–Crippen LogP) is 2.15. The fraction of sp³-hybridized carbons (Fsp3) is 0.571. The number of aromatic nitrogens is 4. The third-order valence-electron chi connectivity index (χ3n) is 3.60. The largest absolute Gasteiger partial charge is 0.334 e. The molecule has 0 fully saturated rings. The first-order valence-corrected chi connectivity index (χ1v) is 6.86. The lowest BCUT2D eigenvalue weighted by molar-refractivity contribution is 0.360. The lowest BCUT2D eigenvalue weighted by atomic mass is 10.2. The van der Waals surface area contributed by atoms with Crippen LogP contribution in [0.4, 0.5) is 0 Å². The molecule has 0 aliphatic heterocycles. The highest BCUT2D eigenvalue weighted by Crippen LogP contribution is 2.11. The van der Waals surface area contributed by atoms with Crippen molar-refractivity contribution in [1.82, 2.24) is 24.6 Å². The summed E-state index contributed by atoms with van der Waals surface area (Å²) in [5.41, 5.74) is 1.19. The molecule has 104 valence electrons. The van der Waals surface area contributed by atoms with Crippen molar-refractivity contribution in [1.29, 1.82) is 0 Å². The average molecular weight is 261 g/mol. The van der Waals surface area contributed by atoms with Gasteiger partial charge in [-0.15, -0.1) is 0 Å². The monoisotopic (exact) mass is 261 g/mol. The molecule has 5 heteroatoms. The molecule has 0 saturated carbocycles. The van der Waals surface area contributed by atoms with E-state index in [4.69, 9.17) is 0 Å². The summed E-state index contributed by atoms with van der Waals surface area (Å²) in [6.45, 7) is 10.3. The zero-order chi connectivity index (χ0) is 13.8. The van der Waals surface area contributed by atoms with Crippen LogP contribution in [0.25, 0.3) is 0 Å². The van der Waals surface area contributed by atoms with Crippen LogP contribution in [0.5, 0.6) is 0 Å². The van der Waals surface area contributed by atoms with Crippen molar-refractivity contribution >= 4 is 0 Å². The summed E-state index contributed by atoms with van der Waals surface area (Å²) in [5.74, 6) is 1.08. The van der Waals surface area contributed by atoms with Gasteiger partial charge in [-0.05, 0) is 33.3 Å². The molecule has 2 heterocycles. The molecular weight excluding hydrogens is 238 g/mol. The first-order chi connectivity index (χ1) is 9.11. The topological polar surface area (TPSA) is 47.7 Å². The van der Waals surface area contributed by atoms with E-state index < -0.39 is 0 Å². The standard InChI is InChI=1S/C14H23N5/c1-5-18-7-6-15-14(18)9-16-12(3)13(4)19-10-11(2)8-17-19/h6-8,10,12-13,16H,5,9H2,1-4H3/t12-,13-/m1/s1. The SMILES string of the molecule is CCn1ccnc1CN[C@H](C)[C@@H](C)n1cc(C)cn1. The summed E-state index contributed by atoms with van der Waals surface area (Å²) in [7, 11) is 0. The Bertz CT molecular complexity index is 513. The molecule has 0 aliphatic carbocycles. The van der Waals surface area contributed by atoms with E-state index in [0.717, 1.165) is 18.9 Å². The fourth-order valence-electron chi connectivity index (χ4n) is 2.10. The Labute approximate surface area is 114 Å². The highest BCUT2D eigenvalue weighted by atomic mass is 15.3. The molecule has 2 aromatic heterocycles. The minimum atomic E-state index is 0.318. The second-order valence-corrected chi connectivity index (χ2v) is 5.04. The van der Waals surface area contributed by atoms with Gasteiger partial charge in [-0.25, -0.2) is 4.98 Å². The molecule has 2 aromatic rings. The van der Waals surface area contributed by atoms with Gasteiger partial charge in [0.1, 0.15) is 5.82 Å². The maximum Gasteiger partial charge on any atom is 0.122 e. The molecule has 0 spiro atoms. The molecule has 0 bridgehead atoms. The minimum Gasteiger partial charge on any atom is -0.334 e. The summed E-state index contributed by atoms with van der Waals surface area (Å²) in [6, 6.07) is 0.653. The van der Waals surface area contributed by atoms with Crippen LogP contribution in [0.15, 0.2) is 24.8 Å². The van der Waals surface area contributed by atoms with Crippen LogP contribution in [0.3, 0.4) is 0 Å². The van der Waals surface area contributed by atoms with Crippen LogP contribution < -0.4 is 5.32 Å². The maximum absolute atomic E-state index is 4.37. The van der Waals surface area contributed by atoms with Gasteiger partial charge in [0.2, 0.25) is 0 Å². The lowest BCUT2D eigenvalue weighted by Crippen LogP contribution is -2.34. The Balaban J connectivity index is 1.92. The smallest absolute Gasteiger partial charge is 0.122 e. The van der Waals surface area contributed by atoms with E-state index in [9.17, 15) is 0 Å². The van der Waals surface area contributed by atoms with Crippen LogP contribution in [0.2, 0.25) is 0 Å². The molecule has 0 amide bonds. The van der Waals surface area contributed by atoms with Crippen LogP contribution in [-0.4, -0.2) is 25.4 Å². The third kappa shape index (κ3) is 3.23. The van der Waals surface area contributed by atoms with Crippen molar-refractivity contribution in [3.8, 4) is 0 Å². The van der Waals surface area contributed by atoms with Gasteiger partial charge in [0.05, 0.1) is 18.8 Å². The Morgan fingerprint density at radius 3 is 2.79 bits per heavy atom. The van der Waals surface area contributed by atoms with E-state index in [0.29, 0.717) is 12.1 Å². The molecule has 0 aromatic carbocycles. The number of hydrogen-bond acceptors (Lipinski definition) is 3. The number of hydrogen-bond donors (Lipinski definition) is 1. The van der Waals surface area contributed by atoms with Gasteiger partial charge in [0, 0.05) is 31.2 Å². The van der Waals surface area contributed by atoms with Crippen molar-refractivity contribution in [2.45, 2.75) is 52.9 Å². The van der Waals surface area contributed by atoms with Crippen molar-refractivity contribution < 1.29 is 0 Å². The molecule has 0 saturated heterocycles.